The summed E-state index contributed by atoms with van der Waals surface area (Å²) in [4.78, 5) is 0. The van der Waals surface area contributed by atoms with Crippen molar-refractivity contribution in [2.45, 2.75) is 82.8 Å². The first-order valence-corrected chi connectivity index (χ1v) is 11.7. The van der Waals surface area contributed by atoms with Crippen molar-refractivity contribution in [3.8, 4) is 0 Å². The second kappa shape index (κ2) is 11.5. The van der Waals surface area contributed by atoms with Gasteiger partial charge < -0.3 is 20.6 Å². The van der Waals surface area contributed by atoms with Gasteiger partial charge in [-0.05, 0) is 88.6 Å². The van der Waals surface area contributed by atoms with Crippen LogP contribution in [-0.4, -0.2) is 47.2 Å². The molecule has 3 aliphatic rings. The van der Waals surface area contributed by atoms with Crippen LogP contribution in [0.25, 0.3) is 0 Å². The van der Waals surface area contributed by atoms with E-state index in [0.717, 1.165) is 58.0 Å². The predicted molar refractivity (Wildman–Crippen MR) is 114 cm³/mol. The lowest BCUT2D eigenvalue weighted by atomic mass is 9.89. The minimum atomic E-state index is -0.323. The van der Waals surface area contributed by atoms with Crippen molar-refractivity contribution >= 4 is 0 Å². The van der Waals surface area contributed by atoms with Gasteiger partial charge in [-0.1, -0.05) is 36.6 Å². The van der Waals surface area contributed by atoms with E-state index in [-0.39, 0.29) is 24.7 Å². The molecule has 4 N–H and O–H groups in total. The van der Waals surface area contributed by atoms with E-state index in [4.69, 9.17) is 5.11 Å². The maximum absolute atomic E-state index is 10.5. The third-order valence-corrected chi connectivity index (χ3v) is 7.28. The molecule has 0 saturated heterocycles. The van der Waals surface area contributed by atoms with Gasteiger partial charge in [0.05, 0.1) is 12.2 Å². The van der Waals surface area contributed by atoms with E-state index in [9.17, 15) is 10.2 Å². The topological polar surface area (TPSA) is 72.7 Å². The Bertz CT molecular complexity index is 512. The number of nitrogens with one attached hydrogen (secondary N) is 1. The third kappa shape index (κ3) is 6.16. The highest BCUT2D eigenvalue weighted by Gasteiger charge is 2.45. The fraction of sp³-hybridized carbons (Fsp3) is 0.833. The summed E-state index contributed by atoms with van der Waals surface area (Å²) in [5.41, 5.74) is 1.59. The van der Waals surface area contributed by atoms with E-state index < -0.39 is 0 Å². The van der Waals surface area contributed by atoms with Gasteiger partial charge in [-0.2, -0.15) is 0 Å². The highest BCUT2D eigenvalue weighted by molar-refractivity contribution is 5.18. The first-order chi connectivity index (χ1) is 13.7. The molecule has 4 nitrogen and oxygen atoms in total. The number of rotatable bonds is 11. The van der Waals surface area contributed by atoms with Gasteiger partial charge in [0.2, 0.25) is 0 Å². The van der Waals surface area contributed by atoms with Gasteiger partial charge in [0, 0.05) is 12.5 Å². The molecule has 0 aromatic carbocycles. The summed E-state index contributed by atoms with van der Waals surface area (Å²) in [5.74, 6) is 1.85. The Kier molecular flexibility index (Phi) is 9.04. The Morgan fingerprint density at radius 3 is 2.64 bits per heavy atom. The van der Waals surface area contributed by atoms with Crippen LogP contribution >= 0.6 is 0 Å². The number of hydrogen-bond acceptors (Lipinski definition) is 4. The van der Waals surface area contributed by atoms with Crippen molar-refractivity contribution < 1.29 is 15.3 Å². The van der Waals surface area contributed by atoms with Crippen molar-refractivity contribution in [1.29, 1.82) is 0 Å². The Balaban J connectivity index is 1.40. The van der Waals surface area contributed by atoms with E-state index >= 15 is 0 Å². The fourth-order valence-corrected chi connectivity index (χ4v) is 5.67. The van der Waals surface area contributed by atoms with Crippen LogP contribution < -0.4 is 5.32 Å². The molecule has 0 aliphatic heterocycles. The van der Waals surface area contributed by atoms with Gasteiger partial charge >= 0.3 is 0 Å². The summed E-state index contributed by atoms with van der Waals surface area (Å²) in [7, 11) is 0. The zero-order valence-electron chi connectivity index (χ0n) is 17.4. The molecule has 0 unspecified atom stereocenters. The molecule has 160 valence electrons. The fourth-order valence-electron chi connectivity index (χ4n) is 5.67. The molecule has 4 heteroatoms. The third-order valence-electron chi connectivity index (χ3n) is 7.28. The zero-order chi connectivity index (χ0) is 19.8. The maximum Gasteiger partial charge on any atom is 0.0749 e. The van der Waals surface area contributed by atoms with Crippen LogP contribution in [0.4, 0.5) is 0 Å². The van der Waals surface area contributed by atoms with Crippen molar-refractivity contribution in [2.75, 3.05) is 19.7 Å². The van der Waals surface area contributed by atoms with Crippen LogP contribution in [0.3, 0.4) is 0 Å². The highest BCUT2D eigenvalue weighted by Crippen LogP contribution is 2.50. The standard InChI is InChI=1S/C24H41NO3/c26-14-6-13-25-12-5-1-2-7-18-15-20-17-24(28)21(22(20)16-18)10-11-23(27)19-8-3-4-9-19/h7,10-11,19-28H,1-6,8-9,12-17H2/b11-10+,18-7+/t20-,21+,22-,23+,24+/m0/s1. The predicted octanol–water partition coefficient (Wildman–Crippen LogP) is 3.57. The van der Waals surface area contributed by atoms with Crippen LogP contribution in [-0.2, 0) is 0 Å². The molecule has 0 aromatic rings. The van der Waals surface area contributed by atoms with E-state index in [1.165, 1.54) is 25.7 Å². The minimum absolute atomic E-state index is 0.225. The first kappa shape index (κ1) is 22.0. The largest absolute Gasteiger partial charge is 0.396 e. The Labute approximate surface area is 171 Å². The highest BCUT2D eigenvalue weighted by atomic mass is 16.3. The van der Waals surface area contributed by atoms with Gasteiger partial charge in [-0.15, -0.1) is 0 Å². The van der Waals surface area contributed by atoms with Crippen LogP contribution in [0, 0.1) is 23.7 Å². The van der Waals surface area contributed by atoms with Crippen LogP contribution in [0.5, 0.6) is 0 Å². The summed E-state index contributed by atoms with van der Waals surface area (Å²) >= 11 is 0. The van der Waals surface area contributed by atoms with Crippen molar-refractivity contribution in [2.24, 2.45) is 23.7 Å². The van der Waals surface area contributed by atoms with Crippen molar-refractivity contribution in [1.82, 2.24) is 5.32 Å². The molecule has 0 amide bonds. The van der Waals surface area contributed by atoms with Gasteiger partial charge in [-0.25, -0.2) is 0 Å². The van der Waals surface area contributed by atoms with Gasteiger partial charge in [-0.3, -0.25) is 0 Å². The smallest absolute Gasteiger partial charge is 0.0749 e. The second-order valence-corrected chi connectivity index (χ2v) is 9.32. The Morgan fingerprint density at radius 2 is 1.86 bits per heavy atom. The average Bonchev–Trinajstić information content (AvgIpc) is 3.39. The molecule has 3 rings (SSSR count). The van der Waals surface area contributed by atoms with Gasteiger partial charge in [0.1, 0.15) is 0 Å². The Hall–Kier alpha value is -0.680. The van der Waals surface area contributed by atoms with Crippen LogP contribution in [0.15, 0.2) is 23.8 Å². The molecule has 0 aromatic heterocycles. The maximum atomic E-state index is 10.5. The van der Waals surface area contributed by atoms with Crippen molar-refractivity contribution in [3.63, 3.8) is 0 Å². The average molecular weight is 392 g/mol. The second-order valence-electron chi connectivity index (χ2n) is 9.32. The summed E-state index contributed by atoms with van der Waals surface area (Å²) in [6, 6.07) is 0. The molecular formula is C24H41NO3. The molecule has 0 heterocycles. The first-order valence-electron chi connectivity index (χ1n) is 11.7. The lowest BCUT2D eigenvalue weighted by Gasteiger charge is -2.19. The SMILES string of the molecule is OCCCNCCCC/C=C1\C[C@H]2C[C@@H](O)[C@H](/C=C/[C@@H](O)C3CCCC3)[C@H]2C1. The molecule has 5 atom stereocenters. The monoisotopic (exact) mass is 391 g/mol. The summed E-state index contributed by atoms with van der Waals surface area (Å²) in [6.07, 6.45) is 18.4. The zero-order valence-corrected chi connectivity index (χ0v) is 17.4. The molecule has 3 aliphatic carbocycles. The number of unbranched alkanes of at least 4 members (excludes halogenated alkanes) is 2. The van der Waals surface area contributed by atoms with Gasteiger partial charge in [0.15, 0.2) is 0 Å². The minimum Gasteiger partial charge on any atom is -0.396 e. The molecule has 3 saturated carbocycles. The van der Waals surface area contributed by atoms with Crippen LogP contribution in [0.2, 0.25) is 0 Å². The molecule has 0 spiro atoms. The normalized spacial score (nSPS) is 33.3. The number of hydrogen-bond donors (Lipinski definition) is 4. The molecule has 28 heavy (non-hydrogen) atoms. The van der Waals surface area contributed by atoms with E-state index in [2.05, 4.69) is 17.5 Å². The molecule has 0 bridgehead atoms. The summed E-state index contributed by atoms with van der Waals surface area (Å²) in [6.45, 7) is 2.22. The number of aliphatic hydroxyl groups excluding tert-OH is 3. The molecular weight excluding hydrogens is 350 g/mol. The number of fused-ring (bicyclic) bond motifs is 1. The van der Waals surface area contributed by atoms with Gasteiger partial charge in [0.25, 0.3) is 0 Å². The van der Waals surface area contributed by atoms with E-state index in [1.54, 1.807) is 5.57 Å². The van der Waals surface area contributed by atoms with E-state index in [1.807, 2.05) is 6.08 Å². The lowest BCUT2D eigenvalue weighted by molar-refractivity contribution is 0.135. The Morgan fingerprint density at radius 1 is 1.07 bits per heavy atom. The van der Waals surface area contributed by atoms with Crippen LogP contribution in [0.1, 0.15) is 70.6 Å². The quantitative estimate of drug-likeness (QED) is 0.321. The van der Waals surface area contributed by atoms with Crippen molar-refractivity contribution in [3.05, 3.63) is 23.8 Å². The lowest BCUT2D eigenvalue weighted by Crippen LogP contribution is -2.19. The number of aliphatic hydroxyl groups is 3. The number of allylic oxidation sites excluding steroid dienone is 2. The molecule has 0 radical (unpaired) electrons. The summed E-state index contributed by atoms with van der Waals surface area (Å²) in [5, 5.41) is 33.1. The summed E-state index contributed by atoms with van der Waals surface area (Å²) < 4.78 is 0. The van der Waals surface area contributed by atoms with E-state index in [0.29, 0.717) is 17.8 Å². The molecule has 3 fully saturated rings.